The minimum atomic E-state index is -1.14. The van der Waals surface area contributed by atoms with Crippen molar-refractivity contribution in [2.75, 3.05) is 0 Å². The van der Waals surface area contributed by atoms with Crippen LogP contribution in [0, 0.1) is 13.8 Å². The van der Waals surface area contributed by atoms with Gasteiger partial charge in [-0.15, -0.1) is 11.3 Å². The standard InChI is InChI=1S/C20H16N2O4S/c1-11-16(13-6-4-3-5-7-13)17-18(27-11)21-12(2)22(19(17)23)10-14-8-9-15(26-14)20(24)25/h3-9H,10H2,1-2H3,(H,24,25). The molecule has 3 aromatic heterocycles. The average molecular weight is 380 g/mol. The second kappa shape index (κ2) is 6.51. The van der Waals surface area contributed by atoms with Gasteiger partial charge in [-0.3, -0.25) is 9.36 Å². The molecule has 27 heavy (non-hydrogen) atoms. The van der Waals surface area contributed by atoms with E-state index in [9.17, 15) is 9.59 Å². The van der Waals surface area contributed by atoms with E-state index in [2.05, 4.69) is 4.98 Å². The molecule has 0 bridgehead atoms. The molecule has 0 amide bonds. The summed E-state index contributed by atoms with van der Waals surface area (Å²) >= 11 is 1.50. The molecule has 0 spiro atoms. The lowest BCUT2D eigenvalue weighted by molar-refractivity contribution is 0.0660. The third-order valence-electron chi connectivity index (χ3n) is 4.43. The number of fused-ring (bicyclic) bond motifs is 1. The maximum Gasteiger partial charge on any atom is 0.371 e. The van der Waals surface area contributed by atoms with Crippen LogP contribution in [0.3, 0.4) is 0 Å². The van der Waals surface area contributed by atoms with Crippen LogP contribution >= 0.6 is 11.3 Å². The van der Waals surface area contributed by atoms with E-state index >= 15 is 0 Å². The molecule has 4 aromatic rings. The highest BCUT2D eigenvalue weighted by Gasteiger charge is 2.19. The van der Waals surface area contributed by atoms with Crippen LogP contribution < -0.4 is 5.56 Å². The number of aromatic carboxylic acids is 1. The molecule has 0 atom stereocenters. The van der Waals surface area contributed by atoms with Crippen LogP contribution in [0.4, 0.5) is 0 Å². The van der Waals surface area contributed by atoms with E-state index in [-0.39, 0.29) is 17.9 Å². The van der Waals surface area contributed by atoms with Crippen molar-refractivity contribution in [3.05, 3.63) is 75.0 Å². The first-order chi connectivity index (χ1) is 13.0. The maximum atomic E-state index is 13.3. The lowest BCUT2D eigenvalue weighted by atomic mass is 10.0. The van der Waals surface area contributed by atoms with E-state index in [1.165, 1.54) is 22.0 Å². The van der Waals surface area contributed by atoms with Crippen LogP contribution in [0.5, 0.6) is 0 Å². The quantitative estimate of drug-likeness (QED) is 0.576. The van der Waals surface area contributed by atoms with E-state index < -0.39 is 5.97 Å². The Balaban J connectivity index is 1.89. The molecule has 0 saturated carbocycles. The average Bonchev–Trinajstić information content (AvgIpc) is 3.23. The van der Waals surface area contributed by atoms with Gasteiger partial charge in [-0.05, 0) is 31.5 Å². The molecule has 0 unspecified atom stereocenters. The molecule has 6 nitrogen and oxygen atoms in total. The van der Waals surface area contributed by atoms with Gasteiger partial charge in [-0.25, -0.2) is 9.78 Å². The first-order valence-electron chi connectivity index (χ1n) is 8.33. The molecule has 0 aliphatic heterocycles. The number of aromatic nitrogens is 2. The van der Waals surface area contributed by atoms with Gasteiger partial charge >= 0.3 is 5.97 Å². The Hall–Kier alpha value is -3.19. The monoisotopic (exact) mass is 380 g/mol. The third-order valence-corrected chi connectivity index (χ3v) is 5.43. The Morgan fingerprint density at radius 2 is 1.93 bits per heavy atom. The fourth-order valence-electron chi connectivity index (χ4n) is 3.17. The van der Waals surface area contributed by atoms with E-state index in [1.54, 1.807) is 13.0 Å². The van der Waals surface area contributed by atoms with Crippen LogP contribution in [-0.2, 0) is 6.54 Å². The van der Waals surface area contributed by atoms with E-state index in [4.69, 9.17) is 9.52 Å². The Labute approximate surface area is 158 Å². The van der Waals surface area contributed by atoms with E-state index in [0.29, 0.717) is 21.8 Å². The zero-order valence-corrected chi connectivity index (χ0v) is 15.5. The number of carboxylic acids is 1. The largest absolute Gasteiger partial charge is 0.475 e. The molecule has 1 N–H and O–H groups in total. The summed E-state index contributed by atoms with van der Waals surface area (Å²) in [5.74, 6) is -0.339. The second-order valence-electron chi connectivity index (χ2n) is 6.20. The number of benzene rings is 1. The van der Waals surface area contributed by atoms with Crippen molar-refractivity contribution < 1.29 is 14.3 Å². The summed E-state index contributed by atoms with van der Waals surface area (Å²) in [6.45, 7) is 3.88. The van der Waals surface area contributed by atoms with Gasteiger partial charge in [0.25, 0.3) is 5.56 Å². The van der Waals surface area contributed by atoms with Crippen molar-refractivity contribution >= 4 is 27.5 Å². The van der Waals surface area contributed by atoms with Gasteiger partial charge < -0.3 is 9.52 Å². The van der Waals surface area contributed by atoms with Crippen molar-refractivity contribution in [1.29, 1.82) is 0 Å². The first-order valence-corrected chi connectivity index (χ1v) is 9.15. The van der Waals surface area contributed by atoms with Gasteiger partial charge in [0, 0.05) is 10.4 Å². The summed E-state index contributed by atoms with van der Waals surface area (Å²) in [6, 6.07) is 12.7. The third kappa shape index (κ3) is 2.96. The zero-order chi connectivity index (χ0) is 19.1. The van der Waals surface area contributed by atoms with Crippen molar-refractivity contribution in [3.8, 4) is 11.1 Å². The summed E-state index contributed by atoms with van der Waals surface area (Å²) in [5, 5.41) is 9.59. The predicted molar refractivity (Wildman–Crippen MR) is 104 cm³/mol. The van der Waals surface area contributed by atoms with Gasteiger partial charge in [0.05, 0.1) is 11.9 Å². The van der Waals surface area contributed by atoms with Crippen molar-refractivity contribution in [2.24, 2.45) is 0 Å². The lowest BCUT2D eigenvalue weighted by Gasteiger charge is -2.09. The molecule has 136 valence electrons. The molecular weight excluding hydrogens is 364 g/mol. The van der Waals surface area contributed by atoms with Gasteiger partial charge in [-0.2, -0.15) is 0 Å². The highest BCUT2D eigenvalue weighted by molar-refractivity contribution is 7.19. The number of carbonyl (C=O) groups is 1. The molecule has 0 aliphatic carbocycles. The second-order valence-corrected chi connectivity index (χ2v) is 7.40. The smallest absolute Gasteiger partial charge is 0.371 e. The number of rotatable bonds is 4. The number of hydrogen-bond acceptors (Lipinski definition) is 5. The zero-order valence-electron chi connectivity index (χ0n) is 14.7. The number of nitrogens with zero attached hydrogens (tertiary/aromatic N) is 2. The molecule has 7 heteroatoms. The normalized spacial score (nSPS) is 11.2. The highest BCUT2D eigenvalue weighted by atomic mass is 32.1. The highest BCUT2D eigenvalue weighted by Crippen LogP contribution is 2.35. The molecule has 4 rings (SSSR count). The van der Waals surface area contributed by atoms with Crippen molar-refractivity contribution in [3.63, 3.8) is 0 Å². The fourth-order valence-corrected chi connectivity index (χ4v) is 4.25. The first kappa shape index (κ1) is 17.2. The number of furan rings is 1. The summed E-state index contributed by atoms with van der Waals surface area (Å²) in [4.78, 5) is 30.6. The number of thiophene rings is 1. The van der Waals surface area contributed by atoms with Crippen molar-refractivity contribution in [2.45, 2.75) is 20.4 Å². The summed E-state index contributed by atoms with van der Waals surface area (Å²) in [5.41, 5.74) is 1.71. The van der Waals surface area contributed by atoms with E-state index in [0.717, 1.165) is 16.0 Å². The summed E-state index contributed by atoms with van der Waals surface area (Å²) in [6.07, 6.45) is 0. The molecule has 3 heterocycles. The van der Waals surface area contributed by atoms with Crippen LogP contribution in [0.1, 0.15) is 27.0 Å². The molecular formula is C20H16N2O4S. The lowest BCUT2D eigenvalue weighted by Crippen LogP contribution is -2.24. The fraction of sp³-hybridized carbons (Fsp3) is 0.150. The molecule has 0 aliphatic rings. The van der Waals surface area contributed by atoms with Gasteiger partial charge in [-0.1, -0.05) is 30.3 Å². The van der Waals surface area contributed by atoms with Crippen LogP contribution in [0.2, 0.25) is 0 Å². The predicted octanol–water partition coefficient (Wildman–Crippen LogP) is 4.08. The Kier molecular flexibility index (Phi) is 4.16. The minimum Gasteiger partial charge on any atom is -0.475 e. The molecule has 0 radical (unpaired) electrons. The number of aryl methyl sites for hydroxylation is 2. The Morgan fingerprint density at radius 3 is 2.59 bits per heavy atom. The molecule has 0 saturated heterocycles. The van der Waals surface area contributed by atoms with Crippen LogP contribution in [0.15, 0.2) is 51.7 Å². The van der Waals surface area contributed by atoms with E-state index in [1.807, 2.05) is 37.3 Å². The van der Waals surface area contributed by atoms with Gasteiger partial charge in [0.15, 0.2) is 0 Å². The Morgan fingerprint density at radius 1 is 1.19 bits per heavy atom. The number of carboxylic acid groups (broad SMARTS) is 1. The molecule has 1 aromatic carbocycles. The van der Waals surface area contributed by atoms with Crippen LogP contribution in [0.25, 0.3) is 21.3 Å². The summed E-state index contributed by atoms with van der Waals surface area (Å²) in [7, 11) is 0. The van der Waals surface area contributed by atoms with Gasteiger partial charge in [0.2, 0.25) is 5.76 Å². The minimum absolute atomic E-state index is 0.129. The maximum absolute atomic E-state index is 13.3. The van der Waals surface area contributed by atoms with Crippen molar-refractivity contribution in [1.82, 2.24) is 9.55 Å². The van der Waals surface area contributed by atoms with Gasteiger partial charge in [0.1, 0.15) is 16.4 Å². The summed E-state index contributed by atoms with van der Waals surface area (Å²) < 4.78 is 6.83. The topological polar surface area (TPSA) is 85.3 Å². The SMILES string of the molecule is Cc1sc2nc(C)n(Cc3ccc(C(=O)O)o3)c(=O)c2c1-c1ccccc1. The number of hydrogen-bond donors (Lipinski definition) is 1. The Bertz CT molecular complexity index is 1220. The molecule has 0 fully saturated rings. The van der Waals surface area contributed by atoms with Crippen LogP contribution in [-0.4, -0.2) is 20.6 Å².